The van der Waals surface area contributed by atoms with Gasteiger partial charge < -0.3 is 25.8 Å². The lowest BCUT2D eigenvalue weighted by atomic mass is 9.94. The van der Waals surface area contributed by atoms with Gasteiger partial charge in [0.1, 0.15) is 11.4 Å². The smallest absolute Gasteiger partial charge is 0.330 e. The second-order valence-electron chi connectivity index (χ2n) is 5.74. The Morgan fingerprint density at radius 1 is 1.60 bits per heavy atom. The molecule has 2 fully saturated rings. The minimum atomic E-state index is -1.62. The third-order valence-electron chi connectivity index (χ3n) is 4.29. The molecule has 4 atom stereocenters. The lowest BCUT2D eigenvalue weighted by Gasteiger charge is -2.58. The van der Waals surface area contributed by atoms with Gasteiger partial charge in [-0.1, -0.05) is 6.58 Å². The van der Waals surface area contributed by atoms with Gasteiger partial charge in [-0.15, -0.1) is 11.8 Å². The standard InChI is InChI=1S/C15H17N3O5S2/c1-7-5-25-14-15(23-2,13(22)18(14)10(7)12(20)21)17-11(19)9(16)8-3-4-24-6-8/h3-4,6,9-10,14H,1,5,16H2,2H3,(H,17,19)(H,20,21)/t9?,10?,14-,15?/m0/s1. The number of thiophene rings is 1. The van der Waals surface area contributed by atoms with Crippen LogP contribution in [0.4, 0.5) is 0 Å². The average molecular weight is 383 g/mol. The number of ether oxygens (including phenoxy) is 1. The van der Waals surface area contributed by atoms with Gasteiger partial charge in [0.2, 0.25) is 5.91 Å². The lowest BCUT2D eigenvalue weighted by molar-refractivity contribution is -0.202. The molecule has 0 saturated carbocycles. The Kier molecular flexibility index (Phi) is 4.62. The molecule has 134 valence electrons. The molecule has 0 aromatic carbocycles. The van der Waals surface area contributed by atoms with Crippen LogP contribution in [-0.2, 0) is 19.1 Å². The highest BCUT2D eigenvalue weighted by atomic mass is 32.2. The van der Waals surface area contributed by atoms with Crippen molar-refractivity contribution in [3.63, 3.8) is 0 Å². The second-order valence-corrected chi connectivity index (χ2v) is 7.59. The Bertz CT molecular complexity index is 738. The molecule has 0 radical (unpaired) electrons. The number of fused-ring (bicyclic) bond motifs is 1. The monoisotopic (exact) mass is 383 g/mol. The van der Waals surface area contributed by atoms with Gasteiger partial charge in [-0.25, -0.2) is 4.79 Å². The Morgan fingerprint density at radius 3 is 2.88 bits per heavy atom. The number of hydrogen-bond acceptors (Lipinski definition) is 7. The molecule has 3 heterocycles. The van der Waals surface area contributed by atoms with E-state index in [4.69, 9.17) is 10.5 Å². The molecule has 2 aliphatic rings. The maximum atomic E-state index is 12.7. The first-order valence-corrected chi connectivity index (χ1v) is 9.32. The van der Waals surface area contributed by atoms with Crippen molar-refractivity contribution in [2.75, 3.05) is 12.9 Å². The number of methoxy groups -OCH3 is 1. The number of carboxylic acid groups (broad SMARTS) is 1. The van der Waals surface area contributed by atoms with Crippen LogP contribution in [0.1, 0.15) is 11.6 Å². The number of carbonyl (C=O) groups excluding carboxylic acids is 2. The number of nitrogens with one attached hydrogen (secondary N) is 1. The molecule has 3 rings (SSSR count). The Hall–Kier alpha value is -1.88. The van der Waals surface area contributed by atoms with Crippen LogP contribution in [0.5, 0.6) is 0 Å². The minimum absolute atomic E-state index is 0.350. The predicted molar refractivity (Wildman–Crippen MR) is 92.8 cm³/mol. The summed E-state index contributed by atoms with van der Waals surface area (Å²) in [4.78, 5) is 37.8. The van der Waals surface area contributed by atoms with Crippen LogP contribution in [0.15, 0.2) is 29.0 Å². The van der Waals surface area contributed by atoms with E-state index in [1.54, 1.807) is 16.8 Å². The highest BCUT2D eigenvalue weighted by Gasteiger charge is 2.67. The summed E-state index contributed by atoms with van der Waals surface area (Å²) in [7, 11) is 1.30. The summed E-state index contributed by atoms with van der Waals surface area (Å²) in [6.45, 7) is 3.72. The van der Waals surface area contributed by atoms with E-state index in [1.165, 1.54) is 35.1 Å². The molecule has 25 heavy (non-hydrogen) atoms. The zero-order valence-electron chi connectivity index (χ0n) is 13.3. The predicted octanol–water partition coefficient (Wildman–Crippen LogP) is 0.131. The number of nitrogens with zero attached hydrogens (tertiary/aromatic N) is 1. The summed E-state index contributed by atoms with van der Waals surface area (Å²) in [6, 6.07) is -0.341. The van der Waals surface area contributed by atoms with Crippen molar-refractivity contribution in [1.82, 2.24) is 10.2 Å². The third-order valence-corrected chi connectivity index (χ3v) is 6.41. The average Bonchev–Trinajstić information content (AvgIpc) is 3.12. The third kappa shape index (κ3) is 2.65. The fraction of sp³-hybridized carbons (Fsp3) is 0.400. The maximum absolute atomic E-state index is 12.7. The largest absolute Gasteiger partial charge is 0.479 e. The number of thioether (sulfide) groups is 1. The van der Waals surface area contributed by atoms with Crippen molar-refractivity contribution in [3.05, 3.63) is 34.5 Å². The van der Waals surface area contributed by atoms with Crippen LogP contribution in [0.25, 0.3) is 0 Å². The Balaban J connectivity index is 1.82. The van der Waals surface area contributed by atoms with Gasteiger partial charge in [-0.3, -0.25) is 9.59 Å². The molecule has 10 heteroatoms. The molecule has 0 aliphatic carbocycles. The summed E-state index contributed by atoms with van der Waals surface area (Å²) in [5, 5.41) is 14.8. The molecule has 0 spiro atoms. The molecule has 2 saturated heterocycles. The van der Waals surface area contributed by atoms with Crippen LogP contribution in [0.2, 0.25) is 0 Å². The molecule has 0 bridgehead atoms. The summed E-state index contributed by atoms with van der Waals surface area (Å²) in [5.74, 6) is -1.99. The first kappa shape index (κ1) is 17.9. The van der Waals surface area contributed by atoms with Crippen molar-refractivity contribution in [2.45, 2.75) is 23.2 Å². The number of hydrogen-bond donors (Lipinski definition) is 3. The van der Waals surface area contributed by atoms with Crippen molar-refractivity contribution >= 4 is 40.9 Å². The van der Waals surface area contributed by atoms with Gasteiger partial charge >= 0.3 is 5.97 Å². The zero-order valence-corrected chi connectivity index (χ0v) is 14.9. The Labute approximate surface area is 152 Å². The number of amides is 2. The Morgan fingerprint density at radius 2 is 2.32 bits per heavy atom. The fourth-order valence-corrected chi connectivity index (χ4v) is 5.05. The van der Waals surface area contributed by atoms with Crippen LogP contribution < -0.4 is 11.1 Å². The normalized spacial score (nSPS) is 29.6. The molecular weight excluding hydrogens is 366 g/mol. The van der Waals surface area contributed by atoms with Crippen molar-refractivity contribution in [2.24, 2.45) is 5.73 Å². The summed E-state index contributed by atoms with van der Waals surface area (Å²) in [6.07, 6.45) is 0. The minimum Gasteiger partial charge on any atom is -0.479 e. The van der Waals surface area contributed by atoms with Gasteiger partial charge in [0.25, 0.3) is 11.6 Å². The van der Waals surface area contributed by atoms with E-state index in [0.717, 1.165) is 0 Å². The highest BCUT2D eigenvalue weighted by Crippen LogP contribution is 2.46. The van der Waals surface area contributed by atoms with Crippen molar-refractivity contribution in [3.8, 4) is 0 Å². The van der Waals surface area contributed by atoms with E-state index in [-0.39, 0.29) is 0 Å². The van der Waals surface area contributed by atoms with E-state index < -0.39 is 41.0 Å². The number of carbonyl (C=O) groups is 3. The SMILES string of the molecule is C=C1CS[C@@H]2N(C(=O)C2(NC(=O)C(N)c2ccsc2)OC)C1C(=O)O. The topological polar surface area (TPSA) is 122 Å². The molecule has 3 unspecified atom stereocenters. The van der Waals surface area contributed by atoms with Gasteiger partial charge in [0.05, 0.1) is 0 Å². The van der Waals surface area contributed by atoms with Crippen LogP contribution in [0.3, 0.4) is 0 Å². The van der Waals surface area contributed by atoms with Crippen LogP contribution in [0, 0.1) is 0 Å². The number of β-lactam (4-membered cyclic amide) rings is 1. The first-order valence-electron chi connectivity index (χ1n) is 7.33. The molecule has 2 amide bonds. The fourth-order valence-electron chi connectivity index (χ4n) is 2.96. The molecule has 1 aromatic heterocycles. The van der Waals surface area contributed by atoms with Crippen molar-refractivity contribution in [1.29, 1.82) is 0 Å². The van der Waals surface area contributed by atoms with Gasteiger partial charge in [0, 0.05) is 12.9 Å². The maximum Gasteiger partial charge on any atom is 0.330 e. The molecule has 1 aromatic rings. The summed E-state index contributed by atoms with van der Waals surface area (Å²) in [5.41, 5.74) is 5.37. The quantitative estimate of drug-likeness (QED) is 0.375. The second kappa shape index (κ2) is 6.45. The van der Waals surface area contributed by atoms with E-state index in [9.17, 15) is 19.5 Å². The van der Waals surface area contributed by atoms with Gasteiger partial charge in [-0.2, -0.15) is 11.3 Å². The van der Waals surface area contributed by atoms with Crippen LogP contribution >= 0.6 is 23.1 Å². The van der Waals surface area contributed by atoms with E-state index in [0.29, 0.717) is 16.9 Å². The van der Waals surface area contributed by atoms with E-state index >= 15 is 0 Å². The van der Waals surface area contributed by atoms with E-state index in [1.807, 2.05) is 0 Å². The molecule has 2 aliphatic heterocycles. The van der Waals surface area contributed by atoms with Crippen LogP contribution in [-0.4, -0.2) is 57.8 Å². The number of aliphatic carboxylic acids is 1. The molecule has 8 nitrogen and oxygen atoms in total. The number of nitrogens with two attached hydrogens (primary N) is 1. The zero-order chi connectivity index (χ0) is 18.4. The molecular formula is C15H17N3O5S2. The van der Waals surface area contributed by atoms with Gasteiger partial charge in [0.15, 0.2) is 6.04 Å². The highest BCUT2D eigenvalue weighted by molar-refractivity contribution is 8.00. The van der Waals surface area contributed by atoms with E-state index in [2.05, 4.69) is 11.9 Å². The summed E-state index contributed by atoms with van der Waals surface area (Å²) >= 11 is 2.70. The first-order chi connectivity index (χ1) is 11.8. The summed E-state index contributed by atoms with van der Waals surface area (Å²) < 4.78 is 5.34. The van der Waals surface area contributed by atoms with Crippen molar-refractivity contribution < 1.29 is 24.2 Å². The number of rotatable bonds is 5. The lowest BCUT2D eigenvalue weighted by Crippen LogP contribution is -2.83. The molecule has 4 N–H and O–H groups in total. The van der Waals surface area contributed by atoms with Gasteiger partial charge in [-0.05, 0) is 28.0 Å². The number of carboxylic acids is 1.